The van der Waals surface area contributed by atoms with Gasteiger partial charge < -0.3 is 10.6 Å². The van der Waals surface area contributed by atoms with Gasteiger partial charge in [0.1, 0.15) is 0 Å². The minimum atomic E-state index is -0.0367. The monoisotopic (exact) mass is 274 g/mol. The maximum atomic E-state index is 12.3. The Labute approximate surface area is 117 Å². The van der Waals surface area contributed by atoms with Gasteiger partial charge in [0.15, 0.2) is 0 Å². The highest BCUT2D eigenvalue weighted by molar-refractivity contribution is 5.85. The summed E-state index contributed by atoms with van der Waals surface area (Å²) in [7, 11) is 0. The molecule has 1 spiro atoms. The summed E-state index contributed by atoms with van der Waals surface area (Å²) < 4.78 is 0. The minimum Gasteiger partial charge on any atom is -0.342 e. The standard InChI is InChI=1S/C14H26N2O.ClH/c1-11(12(2)15)13(17)16-9-8-14(10-16)6-4-3-5-7-14;/h11-12H,3-10,15H2,1-2H3;1H. The van der Waals surface area contributed by atoms with Gasteiger partial charge in [-0.15, -0.1) is 12.4 Å². The quantitative estimate of drug-likeness (QED) is 0.841. The Bertz CT molecular complexity index is 288. The summed E-state index contributed by atoms with van der Waals surface area (Å²) in [6.07, 6.45) is 7.94. The van der Waals surface area contributed by atoms with Crippen LogP contribution in [0.1, 0.15) is 52.4 Å². The molecule has 2 fully saturated rings. The number of nitrogens with zero attached hydrogens (tertiary/aromatic N) is 1. The summed E-state index contributed by atoms with van der Waals surface area (Å²) >= 11 is 0. The zero-order valence-corrected chi connectivity index (χ0v) is 12.5. The van der Waals surface area contributed by atoms with Crippen LogP contribution in [0, 0.1) is 11.3 Å². The predicted molar refractivity (Wildman–Crippen MR) is 76.8 cm³/mol. The molecule has 1 aliphatic carbocycles. The Kier molecular flexibility index (Phi) is 5.47. The Balaban J connectivity index is 0.00000162. The number of carbonyl (C=O) groups is 1. The van der Waals surface area contributed by atoms with Crippen molar-refractivity contribution < 1.29 is 4.79 Å². The third-order valence-corrected chi connectivity index (χ3v) is 4.84. The highest BCUT2D eigenvalue weighted by atomic mass is 35.5. The van der Waals surface area contributed by atoms with Crippen LogP contribution in [-0.2, 0) is 4.79 Å². The van der Waals surface area contributed by atoms with E-state index in [1.54, 1.807) is 0 Å². The molecule has 2 rings (SSSR count). The molecule has 0 aromatic carbocycles. The first-order chi connectivity index (χ1) is 8.04. The van der Waals surface area contributed by atoms with E-state index in [0.717, 1.165) is 13.1 Å². The second-order valence-corrected chi connectivity index (χ2v) is 6.22. The number of likely N-dealkylation sites (tertiary alicyclic amines) is 1. The average molecular weight is 275 g/mol. The van der Waals surface area contributed by atoms with E-state index < -0.39 is 0 Å². The van der Waals surface area contributed by atoms with Gasteiger partial charge in [-0.05, 0) is 31.6 Å². The molecule has 18 heavy (non-hydrogen) atoms. The van der Waals surface area contributed by atoms with Crippen LogP contribution in [0.3, 0.4) is 0 Å². The highest BCUT2D eigenvalue weighted by Crippen LogP contribution is 2.43. The molecule has 0 aromatic rings. The second-order valence-electron chi connectivity index (χ2n) is 6.22. The van der Waals surface area contributed by atoms with Crippen molar-refractivity contribution in [3.63, 3.8) is 0 Å². The van der Waals surface area contributed by atoms with Gasteiger partial charge in [0.2, 0.25) is 5.91 Å². The number of carbonyl (C=O) groups excluding carboxylic acids is 1. The van der Waals surface area contributed by atoms with E-state index in [1.807, 2.05) is 13.8 Å². The molecule has 0 radical (unpaired) electrons. The molecular formula is C14H27ClN2O. The van der Waals surface area contributed by atoms with Crippen LogP contribution in [0.5, 0.6) is 0 Å². The van der Waals surface area contributed by atoms with E-state index in [1.165, 1.54) is 38.5 Å². The van der Waals surface area contributed by atoms with E-state index in [4.69, 9.17) is 5.73 Å². The molecule has 0 bridgehead atoms. The lowest BCUT2D eigenvalue weighted by Gasteiger charge is -2.33. The van der Waals surface area contributed by atoms with Gasteiger partial charge in [0.25, 0.3) is 0 Å². The largest absolute Gasteiger partial charge is 0.342 e. The van der Waals surface area contributed by atoms with Crippen LogP contribution in [-0.4, -0.2) is 29.9 Å². The zero-order chi connectivity index (χ0) is 12.5. The summed E-state index contributed by atoms with van der Waals surface area (Å²) in [4.78, 5) is 14.3. The summed E-state index contributed by atoms with van der Waals surface area (Å²) in [5, 5.41) is 0. The molecule has 1 aliphatic heterocycles. The van der Waals surface area contributed by atoms with Crippen LogP contribution < -0.4 is 5.73 Å². The first kappa shape index (κ1) is 15.8. The van der Waals surface area contributed by atoms with Gasteiger partial charge in [-0.25, -0.2) is 0 Å². The molecule has 0 aromatic heterocycles. The van der Waals surface area contributed by atoms with Crippen LogP contribution in [0.2, 0.25) is 0 Å². The minimum absolute atomic E-state index is 0. The number of rotatable bonds is 2. The fraction of sp³-hybridized carbons (Fsp3) is 0.929. The second kappa shape index (κ2) is 6.25. The van der Waals surface area contributed by atoms with Crippen molar-refractivity contribution in [1.29, 1.82) is 0 Å². The van der Waals surface area contributed by atoms with Crippen molar-refractivity contribution in [3.8, 4) is 0 Å². The molecule has 106 valence electrons. The molecule has 3 nitrogen and oxygen atoms in total. The number of amides is 1. The zero-order valence-electron chi connectivity index (χ0n) is 11.7. The highest BCUT2D eigenvalue weighted by Gasteiger charge is 2.41. The topological polar surface area (TPSA) is 46.3 Å². The fourth-order valence-corrected chi connectivity index (χ4v) is 3.35. The molecule has 2 atom stereocenters. The summed E-state index contributed by atoms with van der Waals surface area (Å²) in [5.74, 6) is 0.233. The van der Waals surface area contributed by atoms with E-state index in [0.29, 0.717) is 5.41 Å². The first-order valence-corrected chi connectivity index (χ1v) is 7.08. The van der Waals surface area contributed by atoms with Crippen molar-refractivity contribution in [2.24, 2.45) is 17.1 Å². The van der Waals surface area contributed by atoms with Crippen LogP contribution in [0.25, 0.3) is 0 Å². The Morgan fingerprint density at radius 3 is 2.33 bits per heavy atom. The van der Waals surface area contributed by atoms with Crippen molar-refractivity contribution in [2.75, 3.05) is 13.1 Å². The first-order valence-electron chi connectivity index (χ1n) is 7.08. The third-order valence-electron chi connectivity index (χ3n) is 4.84. The maximum absolute atomic E-state index is 12.3. The predicted octanol–water partition coefficient (Wildman–Crippen LogP) is 2.57. The van der Waals surface area contributed by atoms with E-state index in [-0.39, 0.29) is 30.3 Å². The van der Waals surface area contributed by atoms with E-state index >= 15 is 0 Å². The van der Waals surface area contributed by atoms with E-state index in [9.17, 15) is 4.79 Å². The fourth-order valence-electron chi connectivity index (χ4n) is 3.35. The number of halogens is 1. The lowest BCUT2D eigenvalue weighted by Crippen LogP contribution is -2.41. The molecule has 4 heteroatoms. The number of hydrogen-bond acceptors (Lipinski definition) is 2. The SMILES string of the molecule is CC(N)C(C)C(=O)N1CCC2(CCCCC2)C1.Cl. The van der Waals surface area contributed by atoms with Crippen LogP contribution in [0.4, 0.5) is 0 Å². The van der Waals surface area contributed by atoms with Gasteiger partial charge in [-0.2, -0.15) is 0 Å². The van der Waals surface area contributed by atoms with E-state index in [2.05, 4.69) is 4.90 Å². The Hall–Kier alpha value is -0.280. The van der Waals surface area contributed by atoms with Crippen LogP contribution in [0.15, 0.2) is 0 Å². The summed E-state index contributed by atoms with van der Waals surface area (Å²) in [6.45, 7) is 5.83. The molecule has 1 saturated heterocycles. The lowest BCUT2D eigenvalue weighted by atomic mass is 9.73. The Morgan fingerprint density at radius 2 is 1.78 bits per heavy atom. The Morgan fingerprint density at radius 1 is 1.17 bits per heavy atom. The average Bonchev–Trinajstić information content (AvgIpc) is 2.72. The van der Waals surface area contributed by atoms with Gasteiger partial charge in [-0.1, -0.05) is 26.2 Å². The lowest BCUT2D eigenvalue weighted by molar-refractivity contribution is -0.134. The molecule has 2 unspecified atom stereocenters. The van der Waals surface area contributed by atoms with Gasteiger partial charge >= 0.3 is 0 Å². The van der Waals surface area contributed by atoms with Crippen LogP contribution >= 0.6 is 12.4 Å². The van der Waals surface area contributed by atoms with Crippen molar-refractivity contribution in [2.45, 2.75) is 58.4 Å². The number of nitrogens with two attached hydrogens (primary N) is 1. The number of hydrogen-bond donors (Lipinski definition) is 1. The molecule has 1 saturated carbocycles. The van der Waals surface area contributed by atoms with Crippen molar-refractivity contribution in [1.82, 2.24) is 4.90 Å². The third kappa shape index (κ3) is 3.18. The van der Waals surface area contributed by atoms with Gasteiger partial charge in [0, 0.05) is 19.1 Å². The molecule has 1 heterocycles. The molecule has 2 aliphatic rings. The maximum Gasteiger partial charge on any atom is 0.226 e. The van der Waals surface area contributed by atoms with Crippen molar-refractivity contribution in [3.05, 3.63) is 0 Å². The molecule has 2 N–H and O–H groups in total. The smallest absolute Gasteiger partial charge is 0.226 e. The summed E-state index contributed by atoms with van der Waals surface area (Å²) in [5.41, 5.74) is 6.29. The molecule has 1 amide bonds. The van der Waals surface area contributed by atoms with Crippen molar-refractivity contribution >= 4 is 18.3 Å². The molecular weight excluding hydrogens is 248 g/mol. The normalized spacial score (nSPS) is 25.6. The summed E-state index contributed by atoms with van der Waals surface area (Å²) in [6, 6.07) is -0.0367. The van der Waals surface area contributed by atoms with Gasteiger partial charge in [0.05, 0.1) is 5.92 Å². The van der Waals surface area contributed by atoms with Gasteiger partial charge in [-0.3, -0.25) is 4.79 Å².